The van der Waals surface area contributed by atoms with Gasteiger partial charge >= 0.3 is 18.2 Å². The Hall–Kier alpha value is -3.61. The van der Waals surface area contributed by atoms with E-state index in [1.54, 1.807) is 6.92 Å². The van der Waals surface area contributed by atoms with Crippen LogP contribution in [0.1, 0.15) is 23.1 Å². The van der Waals surface area contributed by atoms with Crippen LogP contribution in [0, 0.1) is 0 Å². The fourth-order valence-electron chi connectivity index (χ4n) is 2.33. The van der Waals surface area contributed by atoms with Gasteiger partial charge in [-0.1, -0.05) is 0 Å². The fraction of sp³-hybridized carbons (Fsp3) is 0.176. The van der Waals surface area contributed by atoms with Crippen LogP contribution in [-0.2, 0) is 6.18 Å². The molecule has 3 N–H and O–H groups in total. The molecule has 0 saturated heterocycles. The first-order valence-corrected chi connectivity index (χ1v) is 9.20. The summed E-state index contributed by atoms with van der Waals surface area (Å²) in [6.07, 6.45) is -1.15. The van der Waals surface area contributed by atoms with Gasteiger partial charge in [0, 0.05) is 29.2 Å². The van der Waals surface area contributed by atoms with Crippen LogP contribution < -0.4 is 10.6 Å². The van der Waals surface area contributed by atoms with Gasteiger partial charge in [0.05, 0.1) is 18.1 Å². The Morgan fingerprint density at radius 1 is 1.13 bits per heavy atom. The third-order valence-corrected chi connectivity index (χ3v) is 4.53. The number of rotatable bonds is 5. The number of halogens is 3. The molecule has 0 fully saturated rings. The molecule has 13 heteroatoms. The number of carboxylic acids is 1. The Bertz CT molecular complexity index is 1090. The molecule has 0 aromatic carbocycles. The average Bonchev–Trinajstić information content (AvgIpc) is 3.19. The summed E-state index contributed by atoms with van der Waals surface area (Å²) in [5.41, 5.74) is -0.693. The van der Waals surface area contributed by atoms with Crippen molar-refractivity contribution in [2.24, 2.45) is 0 Å². The first-order valence-electron chi connectivity index (χ1n) is 8.32. The Morgan fingerprint density at radius 2 is 1.90 bits per heavy atom. The van der Waals surface area contributed by atoms with Crippen molar-refractivity contribution in [3.8, 4) is 21.8 Å². The van der Waals surface area contributed by atoms with Crippen molar-refractivity contribution in [1.29, 1.82) is 0 Å². The lowest BCUT2D eigenvalue weighted by atomic mass is 10.1. The van der Waals surface area contributed by atoms with E-state index < -0.39 is 23.9 Å². The lowest BCUT2D eigenvalue weighted by molar-refractivity contribution is -0.140. The number of carbonyl (C=O) groups excluding carboxylic acids is 1. The predicted octanol–water partition coefficient (Wildman–Crippen LogP) is 3.52. The molecule has 0 aliphatic carbocycles. The zero-order chi connectivity index (χ0) is 21.9. The third-order valence-electron chi connectivity index (χ3n) is 3.65. The number of carboxylic acid groups (broad SMARTS) is 1. The second-order valence-corrected chi connectivity index (χ2v) is 6.59. The lowest BCUT2D eigenvalue weighted by Crippen LogP contribution is -2.28. The predicted molar refractivity (Wildman–Crippen MR) is 101 cm³/mol. The summed E-state index contributed by atoms with van der Waals surface area (Å²) >= 11 is 0.755. The minimum absolute atomic E-state index is 0.0165. The van der Waals surface area contributed by atoms with E-state index >= 15 is 0 Å². The number of alkyl halides is 3. The summed E-state index contributed by atoms with van der Waals surface area (Å²) in [4.78, 5) is 38.2. The highest BCUT2D eigenvalue weighted by molar-refractivity contribution is 7.13. The number of nitrogens with one attached hydrogen (secondary N) is 2. The van der Waals surface area contributed by atoms with E-state index in [0.717, 1.165) is 22.9 Å². The number of aromatic carboxylic acids is 1. The first-order chi connectivity index (χ1) is 14.2. The number of urea groups is 1. The molecule has 0 bridgehead atoms. The number of hydrogen-bond donors (Lipinski definition) is 3. The lowest BCUT2D eigenvalue weighted by Gasteiger charge is -2.10. The van der Waals surface area contributed by atoms with Crippen LogP contribution in [0.15, 0.2) is 30.0 Å². The quantitative estimate of drug-likeness (QED) is 0.556. The van der Waals surface area contributed by atoms with Gasteiger partial charge < -0.3 is 10.4 Å². The maximum atomic E-state index is 13.0. The number of amides is 2. The molecule has 3 rings (SSSR count). The molecule has 0 saturated carbocycles. The Kier molecular flexibility index (Phi) is 5.91. The molecule has 30 heavy (non-hydrogen) atoms. The molecular weight excluding hydrogens is 425 g/mol. The SMILES string of the molecule is CCNC(=O)Nc1cc(-c2nc(C(F)(F)F)cs2)c(-c2cnc(C(=O)O)cn2)cn1. The molecule has 0 aliphatic rings. The van der Waals surface area contributed by atoms with Crippen LogP contribution in [0.3, 0.4) is 0 Å². The molecule has 3 aromatic heterocycles. The summed E-state index contributed by atoms with van der Waals surface area (Å²) in [6.45, 7) is 2.08. The van der Waals surface area contributed by atoms with Gasteiger partial charge in [-0.15, -0.1) is 11.3 Å². The second-order valence-electron chi connectivity index (χ2n) is 5.73. The van der Waals surface area contributed by atoms with Crippen molar-refractivity contribution in [1.82, 2.24) is 25.3 Å². The fourth-order valence-corrected chi connectivity index (χ4v) is 3.19. The molecule has 0 spiro atoms. The molecule has 2 amide bonds. The maximum Gasteiger partial charge on any atom is 0.434 e. The Labute approximate surface area is 171 Å². The smallest absolute Gasteiger partial charge is 0.434 e. The van der Waals surface area contributed by atoms with Gasteiger partial charge in [0.15, 0.2) is 11.4 Å². The largest absolute Gasteiger partial charge is 0.476 e. The highest BCUT2D eigenvalue weighted by Gasteiger charge is 2.34. The second kappa shape index (κ2) is 8.41. The van der Waals surface area contributed by atoms with Crippen molar-refractivity contribution in [2.45, 2.75) is 13.1 Å². The van der Waals surface area contributed by atoms with Crippen molar-refractivity contribution in [2.75, 3.05) is 11.9 Å². The number of carbonyl (C=O) groups is 2. The van der Waals surface area contributed by atoms with Crippen LogP contribution >= 0.6 is 11.3 Å². The number of nitrogens with zero attached hydrogens (tertiary/aromatic N) is 4. The zero-order valence-corrected chi connectivity index (χ0v) is 16.0. The summed E-state index contributed by atoms with van der Waals surface area (Å²) in [6, 6.07) is 0.820. The number of hydrogen-bond acceptors (Lipinski definition) is 7. The van der Waals surface area contributed by atoms with Gasteiger partial charge in [-0.2, -0.15) is 13.2 Å². The van der Waals surface area contributed by atoms with Crippen LogP contribution in [0.5, 0.6) is 0 Å². The summed E-state index contributed by atoms with van der Waals surface area (Å²) in [5, 5.41) is 14.8. The normalized spacial score (nSPS) is 11.2. The molecule has 0 aliphatic heterocycles. The zero-order valence-electron chi connectivity index (χ0n) is 15.2. The van der Waals surface area contributed by atoms with Crippen molar-refractivity contribution in [3.05, 3.63) is 41.4 Å². The van der Waals surface area contributed by atoms with Gasteiger partial charge in [0.2, 0.25) is 0 Å². The van der Waals surface area contributed by atoms with E-state index in [0.29, 0.717) is 6.54 Å². The summed E-state index contributed by atoms with van der Waals surface area (Å²) < 4.78 is 39.0. The monoisotopic (exact) mass is 438 g/mol. The van der Waals surface area contributed by atoms with Crippen molar-refractivity contribution < 1.29 is 27.9 Å². The summed E-state index contributed by atoms with van der Waals surface area (Å²) in [5.74, 6) is -1.19. The van der Waals surface area contributed by atoms with E-state index in [9.17, 15) is 22.8 Å². The number of thiazole rings is 1. The van der Waals surface area contributed by atoms with E-state index in [-0.39, 0.29) is 33.3 Å². The number of pyridine rings is 1. The molecule has 156 valence electrons. The van der Waals surface area contributed by atoms with Gasteiger partial charge in [0.1, 0.15) is 10.8 Å². The molecular formula is C17H13F3N6O3S. The van der Waals surface area contributed by atoms with Crippen LogP contribution in [-0.4, -0.2) is 43.6 Å². The molecule has 3 heterocycles. The van der Waals surface area contributed by atoms with Crippen LogP contribution in [0.4, 0.5) is 23.8 Å². The van der Waals surface area contributed by atoms with Gasteiger partial charge in [-0.3, -0.25) is 10.3 Å². The van der Waals surface area contributed by atoms with Crippen molar-refractivity contribution in [3.63, 3.8) is 0 Å². The summed E-state index contributed by atoms with van der Waals surface area (Å²) in [7, 11) is 0. The van der Waals surface area contributed by atoms with E-state index in [2.05, 4.69) is 30.6 Å². The molecule has 0 radical (unpaired) electrons. The average molecular weight is 438 g/mol. The van der Waals surface area contributed by atoms with Crippen molar-refractivity contribution >= 4 is 29.2 Å². The third kappa shape index (κ3) is 4.68. The highest BCUT2D eigenvalue weighted by atomic mass is 32.1. The first kappa shape index (κ1) is 21.1. The van der Waals surface area contributed by atoms with Gasteiger partial charge in [0.25, 0.3) is 0 Å². The molecule has 0 unspecified atom stereocenters. The number of aromatic nitrogens is 4. The van der Waals surface area contributed by atoms with Gasteiger partial charge in [-0.25, -0.2) is 24.5 Å². The maximum absolute atomic E-state index is 13.0. The molecule has 0 atom stereocenters. The van der Waals surface area contributed by atoms with Gasteiger partial charge in [-0.05, 0) is 13.0 Å². The van der Waals surface area contributed by atoms with Crippen LogP contribution in [0.2, 0.25) is 0 Å². The highest BCUT2D eigenvalue weighted by Crippen LogP contribution is 2.37. The Morgan fingerprint density at radius 3 is 2.47 bits per heavy atom. The van der Waals surface area contributed by atoms with E-state index in [1.807, 2.05) is 0 Å². The minimum atomic E-state index is -4.62. The molecule has 3 aromatic rings. The Balaban J connectivity index is 2.08. The minimum Gasteiger partial charge on any atom is -0.476 e. The van der Waals surface area contributed by atoms with E-state index in [1.165, 1.54) is 18.5 Å². The van der Waals surface area contributed by atoms with Crippen LogP contribution in [0.25, 0.3) is 21.8 Å². The molecule has 9 nitrogen and oxygen atoms in total. The standard InChI is InChI=1S/C17H13F3N6O3S/c1-2-21-16(29)26-13-3-8(14-25-12(7-30-14)17(18,19)20)9(4-24-13)10-5-23-11(6-22-10)15(27)28/h3-7H,2H2,1H3,(H,27,28)(H2,21,24,26,29). The van der Waals surface area contributed by atoms with E-state index in [4.69, 9.17) is 5.11 Å². The number of anilines is 1. The topological polar surface area (TPSA) is 130 Å².